The van der Waals surface area contributed by atoms with Crippen LogP contribution in [0.5, 0.6) is 0 Å². The smallest absolute Gasteiger partial charge is 0.283 e. The van der Waals surface area contributed by atoms with Crippen molar-refractivity contribution in [1.82, 2.24) is 5.01 Å². The molecule has 33 heavy (non-hydrogen) atoms. The quantitative estimate of drug-likeness (QED) is 0.340. The van der Waals surface area contributed by atoms with Crippen molar-refractivity contribution >= 4 is 45.5 Å². The predicted octanol–water partition coefficient (Wildman–Crippen LogP) is 4.83. The molecule has 2 aromatic carbocycles. The van der Waals surface area contributed by atoms with Gasteiger partial charge in [-0.05, 0) is 42.5 Å². The summed E-state index contributed by atoms with van der Waals surface area (Å²) in [6.45, 7) is 1.97. The highest BCUT2D eigenvalue weighted by Gasteiger charge is 2.36. The summed E-state index contributed by atoms with van der Waals surface area (Å²) in [7, 11) is 0. The van der Waals surface area contributed by atoms with Crippen LogP contribution in [0.1, 0.15) is 16.9 Å². The molecule has 2 aliphatic rings. The van der Waals surface area contributed by atoms with E-state index in [-0.39, 0.29) is 17.1 Å². The number of hydrazone groups is 1. The number of non-ortho nitro benzene ring substituents is 1. The number of carbonyl (C=O) groups is 1. The third kappa shape index (κ3) is 3.76. The second-order valence-corrected chi connectivity index (χ2v) is 8.21. The molecule has 5 rings (SSSR count). The molecule has 1 aromatic heterocycles. The first-order valence-electron chi connectivity index (χ1n) is 9.81. The van der Waals surface area contributed by atoms with Crippen LogP contribution in [0, 0.1) is 22.4 Å². The number of rotatable bonds is 4. The van der Waals surface area contributed by atoms with Crippen LogP contribution in [-0.2, 0) is 4.79 Å². The molecule has 1 amide bonds. The minimum atomic E-state index is -0.562. The van der Waals surface area contributed by atoms with Crippen LogP contribution in [-0.4, -0.2) is 31.9 Å². The van der Waals surface area contributed by atoms with Gasteiger partial charge in [-0.2, -0.15) is 15.1 Å². The van der Waals surface area contributed by atoms with Gasteiger partial charge in [0.1, 0.15) is 16.6 Å². The number of hydrogen-bond acceptors (Lipinski definition) is 7. The van der Waals surface area contributed by atoms with Gasteiger partial charge in [-0.3, -0.25) is 20.3 Å². The first-order chi connectivity index (χ1) is 15.9. The van der Waals surface area contributed by atoms with Gasteiger partial charge in [0.05, 0.1) is 10.5 Å². The molecule has 3 heterocycles. The molecule has 0 spiro atoms. The Bertz CT molecular complexity index is 1440. The van der Waals surface area contributed by atoms with Crippen LogP contribution in [0.15, 0.2) is 80.7 Å². The Morgan fingerprint density at radius 3 is 2.76 bits per heavy atom. The molecule has 0 saturated heterocycles. The minimum absolute atomic E-state index is 0.0362. The lowest BCUT2D eigenvalue weighted by Crippen LogP contribution is -2.35. The SMILES string of the molecule is Cc1ccccc1C1=NN2C(=N)C(=Cc3ccc(-c4cccc([N+](=O)[O-])c4)o3)C(=O)N=C2S1. The maximum atomic E-state index is 12.7. The predicted molar refractivity (Wildman–Crippen MR) is 126 cm³/mol. The van der Waals surface area contributed by atoms with Crippen molar-refractivity contribution in [3.63, 3.8) is 0 Å². The van der Waals surface area contributed by atoms with E-state index in [1.54, 1.807) is 24.3 Å². The van der Waals surface area contributed by atoms with Crippen molar-refractivity contribution in [2.45, 2.75) is 6.92 Å². The maximum absolute atomic E-state index is 12.7. The van der Waals surface area contributed by atoms with E-state index in [4.69, 9.17) is 9.83 Å². The Kier molecular flexibility index (Phi) is 4.98. The lowest BCUT2D eigenvalue weighted by molar-refractivity contribution is -0.384. The number of amides is 1. The molecule has 0 saturated carbocycles. The molecule has 0 fully saturated rings. The molecule has 2 aliphatic heterocycles. The third-order valence-corrected chi connectivity index (χ3v) is 6.03. The van der Waals surface area contributed by atoms with Gasteiger partial charge in [0.25, 0.3) is 11.6 Å². The van der Waals surface area contributed by atoms with Crippen molar-refractivity contribution < 1.29 is 14.1 Å². The number of fused-ring (bicyclic) bond motifs is 1. The van der Waals surface area contributed by atoms with E-state index in [0.29, 0.717) is 27.3 Å². The standard InChI is InChI=1S/C23H15N5O4S/c1-13-5-2-3-8-17(13)22-26-27-20(24)18(21(29)25-23(27)33-22)12-16-9-10-19(32-16)14-6-4-7-15(11-14)28(30)31/h2-12,24H,1H3. The second kappa shape index (κ2) is 7.99. The fraction of sp³-hybridized carbons (Fsp3) is 0.0435. The lowest BCUT2D eigenvalue weighted by Gasteiger charge is -2.19. The van der Waals surface area contributed by atoms with Gasteiger partial charge in [0.2, 0.25) is 5.17 Å². The molecule has 1 N–H and O–H groups in total. The lowest BCUT2D eigenvalue weighted by atomic mass is 10.1. The average Bonchev–Trinajstić information content (AvgIpc) is 3.44. The number of nitrogens with one attached hydrogen (secondary N) is 1. The van der Waals surface area contributed by atoms with Gasteiger partial charge >= 0.3 is 0 Å². The number of nitro groups is 1. The molecule has 3 aromatic rings. The first kappa shape index (κ1) is 20.6. The number of aliphatic imine (C=N–C) groups is 1. The fourth-order valence-corrected chi connectivity index (χ4v) is 4.40. The Morgan fingerprint density at radius 2 is 1.97 bits per heavy atom. The minimum Gasteiger partial charge on any atom is -0.457 e. The highest BCUT2D eigenvalue weighted by molar-refractivity contribution is 8.27. The summed E-state index contributed by atoms with van der Waals surface area (Å²) >= 11 is 1.24. The molecule has 10 heteroatoms. The zero-order valence-electron chi connectivity index (χ0n) is 17.2. The van der Waals surface area contributed by atoms with Crippen LogP contribution < -0.4 is 0 Å². The highest BCUT2D eigenvalue weighted by Crippen LogP contribution is 2.32. The Balaban J connectivity index is 1.45. The number of aryl methyl sites for hydroxylation is 1. The highest BCUT2D eigenvalue weighted by atomic mass is 32.2. The molecule has 9 nitrogen and oxygen atoms in total. The number of nitro benzene ring substituents is 1. The molecular weight excluding hydrogens is 442 g/mol. The monoisotopic (exact) mass is 457 g/mol. The van der Waals surface area contributed by atoms with Gasteiger partial charge in [0.15, 0.2) is 5.84 Å². The Morgan fingerprint density at radius 1 is 1.15 bits per heavy atom. The normalized spacial score (nSPS) is 16.6. The summed E-state index contributed by atoms with van der Waals surface area (Å²) in [5.41, 5.74) is 2.46. The number of amidine groups is 2. The van der Waals surface area contributed by atoms with E-state index in [1.807, 2.05) is 31.2 Å². The van der Waals surface area contributed by atoms with Crippen LogP contribution >= 0.6 is 11.8 Å². The number of furan rings is 1. The summed E-state index contributed by atoms with van der Waals surface area (Å²) in [6, 6.07) is 17.1. The van der Waals surface area contributed by atoms with Gasteiger partial charge in [0, 0.05) is 23.3 Å². The van der Waals surface area contributed by atoms with E-state index >= 15 is 0 Å². The van der Waals surface area contributed by atoms with E-state index in [0.717, 1.165) is 11.1 Å². The molecule has 0 aliphatic carbocycles. The van der Waals surface area contributed by atoms with Crippen molar-refractivity contribution in [3.8, 4) is 11.3 Å². The fourth-order valence-electron chi connectivity index (χ4n) is 3.41. The summed E-state index contributed by atoms with van der Waals surface area (Å²) in [5, 5.41) is 26.4. The summed E-state index contributed by atoms with van der Waals surface area (Å²) < 4.78 is 5.77. The van der Waals surface area contributed by atoms with E-state index in [9.17, 15) is 14.9 Å². The van der Waals surface area contributed by atoms with Crippen LogP contribution in [0.25, 0.3) is 17.4 Å². The van der Waals surface area contributed by atoms with Crippen LogP contribution in [0.4, 0.5) is 5.69 Å². The van der Waals surface area contributed by atoms with Crippen molar-refractivity contribution in [3.05, 3.63) is 93.2 Å². The first-order valence-corrected chi connectivity index (χ1v) is 10.6. The molecule has 0 atom stereocenters. The Labute approximate surface area is 191 Å². The van der Waals surface area contributed by atoms with Gasteiger partial charge in [-0.25, -0.2) is 0 Å². The zero-order chi connectivity index (χ0) is 23.1. The van der Waals surface area contributed by atoms with E-state index in [1.165, 1.54) is 35.0 Å². The number of thioether (sulfide) groups is 1. The third-order valence-electron chi connectivity index (χ3n) is 5.08. The van der Waals surface area contributed by atoms with Gasteiger partial charge in [-0.15, -0.1) is 0 Å². The van der Waals surface area contributed by atoms with Crippen molar-refractivity contribution in [1.29, 1.82) is 5.41 Å². The number of nitrogens with zero attached hydrogens (tertiary/aromatic N) is 4. The molecule has 162 valence electrons. The molecule has 0 radical (unpaired) electrons. The van der Waals surface area contributed by atoms with E-state index in [2.05, 4.69) is 10.1 Å². The summed E-state index contributed by atoms with van der Waals surface area (Å²) in [4.78, 5) is 27.3. The van der Waals surface area contributed by atoms with E-state index < -0.39 is 10.8 Å². The average molecular weight is 457 g/mol. The van der Waals surface area contributed by atoms with Crippen LogP contribution in [0.3, 0.4) is 0 Å². The summed E-state index contributed by atoms with van der Waals surface area (Å²) in [6.07, 6.45) is 1.43. The maximum Gasteiger partial charge on any atom is 0.283 e. The largest absolute Gasteiger partial charge is 0.457 e. The van der Waals surface area contributed by atoms with Gasteiger partial charge < -0.3 is 4.42 Å². The van der Waals surface area contributed by atoms with Crippen molar-refractivity contribution in [2.24, 2.45) is 10.1 Å². The molecule has 0 bridgehead atoms. The number of hydrogen-bond donors (Lipinski definition) is 1. The Hall–Kier alpha value is -4.31. The van der Waals surface area contributed by atoms with Crippen LogP contribution in [0.2, 0.25) is 0 Å². The van der Waals surface area contributed by atoms with Crippen molar-refractivity contribution in [2.75, 3.05) is 0 Å². The zero-order valence-corrected chi connectivity index (χ0v) is 18.0. The van der Waals surface area contributed by atoms with Gasteiger partial charge in [-0.1, -0.05) is 36.4 Å². The summed E-state index contributed by atoms with van der Waals surface area (Å²) in [5.74, 6) is 0.0574. The topological polar surface area (TPSA) is 125 Å². The number of carbonyl (C=O) groups excluding carboxylic acids is 1. The molecular formula is C23H15N5O4S. The second-order valence-electron chi connectivity index (χ2n) is 7.25. The molecule has 0 unspecified atom stereocenters. The number of benzene rings is 2.